The van der Waals surface area contributed by atoms with Crippen LogP contribution in [0.25, 0.3) is 11.4 Å². The standard InChI is InChI=1S/C21H25N5O2S2/c1-28-17-4-2-15(3-5-17)20-23-24-21(29)26(20)11-7-19(27)22-9-12-25-10-6-18-16(14-25)8-13-30-18/h2-5,8,13H,6-7,9-12,14H2,1H3,(H,22,27)(H,24,29). The molecule has 4 rings (SSSR count). The number of thiophene rings is 1. The summed E-state index contributed by atoms with van der Waals surface area (Å²) >= 11 is 7.20. The summed E-state index contributed by atoms with van der Waals surface area (Å²) in [6.07, 6.45) is 1.46. The van der Waals surface area contributed by atoms with Crippen molar-refractivity contribution in [1.29, 1.82) is 0 Å². The molecule has 1 aliphatic heterocycles. The van der Waals surface area contributed by atoms with Crippen molar-refractivity contribution in [2.75, 3.05) is 26.7 Å². The molecule has 1 aromatic carbocycles. The van der Waals surface area contributed by atoms with Crippen LogP contribution in [0.3, 0.4) is 0 Å². The number of hydrogen-bond acceptors (Lipinski definition) is 6. The molecule has 0 bridgehead atoms. The van der Waals surface area contributed by atoms with Gasteiger partial charge in [0.2, 0.25) is 5.91 Å². The monoisotopic (exact) mass is 443 g/mol. The summed E-state index contributed by atoms with van der Waals surface area (Å²) in [6.45, 7) is 4.02. The van der Waals surface area contributed by atoms with E-state index in [4.69, 9.17) is 17.0 Å². The number of nitrogens with one attached hydrogen (secondary N) is 2. The summed E-state index contributed by atoms with van der Waals surface area (Å²) in [5.74, 6) is 1.52. The number of carbonyl (C=O) groups excluding carboxylic acids is 1. The van der Waals surface area contributed by atoms with Crippen LogP contribution in [0.1, 0.15) is 16.9 Å². The number of aromatic amines is 1. The Morgan fingerprint density at radius 3 is 2.93 bits per heavy atom. The largest absolute Gasteiger partial charge is 0.497 e. The van der Waals surface area contributed by atoms with Crippen LogP contribution in [0.2, 0.25) is 0 Å². The van der Waals surface area contributed by atoms with E-state index in [0.717, 1.165) is 43.2 Å². The number of H-pyrrole nitrogens is 1. The van der Waals surface area contributed by atoms with Crippen molar-refractivity contribution in [1.82, 2.24) is 25.0 Å². The van der Waals surface area contributed by atoms with Crippen LogP contribution in [-0.4, -0.2) is 52.3 Å². The van der Waals surface area contributed by atoms with Gasteiger partial charge in [-0.15, -0.1) is 11.3 Å². The Kier molecular flexibility index (Phi) is 6.61. The van der Waals surface area contributed by atoms with Crippen molar-refractivity contribution in [2.45, 2.75) is 25.9 Å². The lowest BCUT2D eigenvalue weighted by Gasteiger charge is -2.26. The highest BCUT2D eigenvalue weighted by molar-refractivity contribution is 7.71. The number of aromatic nitrogens is 3. The molecule has 158 valence electrons. The van der Waals surface area contributed by atoms with E-state index in [9.17, 15) is 4.79 Å². The fourth-order valence-corrected chi connectivity index (χ4v) is 4.75. The van der Waals surface area contributed by atoms with E-state index in [1.807, 2.05) is 40.2 Å². The first-order chi connectivity index (χ1) is 14.6. The van der Waals surface area contributed by atoms with Gasteiger partial charge in [-0.25, -0.2) is 0 Å². The van der Waals surface area contributed by atoms with Gasteiger partial charge in [0.1, 0.15) is 5.75 Å². The second-order valence-electron chi connectivity index (χ2n) is 7.23. The maximum Gasteiger partial charge on any atom is 0.221 e. The number of ether oxygens (including phenoxy) is 1. The lowest BCUT2D eigenvalue weighted by molar-refractivity contribution is -0.121. The number of hydrogen-bond donors (Lipinski definition) is 2. The van der Waals surface area contributed by atoms with Crippen molar-refractivity contribution in [3.05, 3.63) is 50.9 Å². The van der Waals surface area contributed by atoms with E-state index in [0.29, 0.717) is 24.3 Å². The summed E-state index contributed by atoms with van der Waals surface area (Å²) < 4.78 is 7.57. The minimum absolute atomic E-state index is 0.0204. The quantitative estimate of drug-likeness (QED) is 0.523. The predicted molar refractivity (Wildman–Crippen MR) is 120 cm³/mol. The van der Waals surface area contributed by atoms with Gasteiger partial charge in [-0.05, 0) is 59.9 Å². The van der Waals surface area contributed by atoms with Crippen LogP contribution in [0.5, 0.6) is 5.75 Å². The zero-order valence-electron chi connectivity index (χ0n) is 16.9. The van der Waals surface area contributed by atoms with Gasteiger partial charge >= 0.3 is 0 Å². The van der Waals surface area contributed by atoms with Crippen molar-refractivity contribution in [2.24, 2.45) is 0 Å². The molecular formula is C21H25N5O2S2. The molecule has 0 atom stereocenters. The highest BCUT2D eigenvalue weighted by atomic mass is 32.1. The summed E-state index contributed by atoms with van der Waals surface area (Å²) in [4.78, 5) is 16.2. The third kappa shape index (κ3) is 4.80. The molecule has 0 saturated carbocycles. The summed E-state index contributed by atoms with van der Waals surface area (Å²) in [7, 11) is 1.63. The molecule has 0 fully saturated rings. The second-order valence-corrected chi connectivity index (χ2v) is 8.61. The van der Waals surface area contributed by atoms with E-state index in [1.165, 1.54) is 10.4 Å². The lowest BCUT2D eigenvalue weighted by Crippen LogP contribution is -2.37. The molecule has 0 spiro atoms. The van der Waals surface area contributed by atoms with Crippen LogP contribution in [0, 0.1) is 4.77 Å². The predicted octanol–water partition coefficient (Wildman–Crippen LogP) is 3.24. The Balaban J connectivity index is 1.27. The van der Waals surface area contributed by atoms with Gasteiger partial charge in [0.05, 0.1) is 7.11 Å². The Morgan fingerprint density at radius 2 is 2.13 bits per heavy atom. The van der Waals surface area contributed by atoms with E-state index in [-0.39, 0.29) is 5.91 Å². The summed E-state index contributed by atoms with van der Waals surface area (Å²) in [6, 6.07) is 9.82. The molecule has 2 aromatic heterocycles. The van der Waals surface area contributed by atoms with E-state index >= 15 is 0 Å². The lowest BCUT2D eigenvalue weighted by atomic mass is 10.1. The molecule has 3 heterocycles. The molecule has 7 nitrogen and oxygen atoms in total. The third-order valence-electron chi connectivity index (χ3n) is 5.31. The smallest absolute Gasteiger partial charge is 0.221 e. The molecular weight excluding hydrogens is 418 g/mol. The number of nitrogens with zero attached hydrogens (tertiary/aromatic N) is 3. The zero-order chi connectivity index (χ0) is 20.9. The van der Waals surface area contributed by atoms with Crippen LogP contribution in [0.15, 0.2) is 35.7 Å². The van der Waals surface area contributed by atoms with Crippen LogP contribution in [-0.2, 0) is 24.3 Å². The number of amides is 1. The van der Waals surface area contributed by atoms with Gasteiger partial charge in [-0.2, -0.15) is 5.10 Å². The number of benzene rings is 1. The normalized spacial score (nSPS) is 13.8. The first kappa shape index (κ1) is 20.8. The minimum atomic E-state index is 0.0204. The topological polar surface area (TPSA) is 75.2 Å². The molecule has 30 heavy (non-hydrogen) atoms. The maximum absolute atomic E-state index is 12.4. The SMILES string of the molecule is COc1ccc(-c2n[nH]c(=S)n2CCC(=O)NCCN2CCc3sccc3C2)cc1. The van der Waals surface area contributed by atoms with Crippen molar-refractivity contribution >= 4 is 29.5 Å². The fourth-order valence-electron chi connectivity index (χ4n) is 3.64. The summed E-state index contributed by atoms with van der Waals surface area (Å²) in [5, 5.41) is 12.3. The van der Waals surface area contributed by atoms with E-state index in [2.05, 4.69) is 31.9 Å². The Hall–Kier alpha value is -2.49. The Bertz CT molecular complexity index is 1050. The highest BCUT2D eigenvalue weighted by Gasteiger charge is 2.17. The van der Waals surface area contributed by atoms with Gasteiger partial charge in [-0.3, -0.25) is 19.4 Å². The molecule has 0 radical (unpaired) electrons. The molecule has 0 aliphatic carbocycles. The van der Waals surface area contributed by atoms with Crippen LogP contribution in [0.4, 0.5) is 0 Å². The zero-order valence-corrected chi connectivity index (χ0v) is 18.5. The number of carbonyl (C=O) groups is 1. The maximum atomic E-state index is 12.4. The first-order valence-electron chi connectivity index (χ1n) is 9.98. The van der Waals surface area contributed by atoms with Crippen molar-refractivity contribution < 1.29 is 9.53 Å². The molecule has 1 amide bonds. The fraction of sp³-hybridized carbons (Fsp3) is 0.381. The van der Waals surface area contributed by atoms with Crippen molar-refractivity contribution in [3.63, 3.8) is 0 Å². The number of methoxy groups -OCH3 is 1. The highest BCUT2D eigenvalue weighted by Crippen LogP contribution is 2.23. The minimum Gasteiger partial charge on any atom is -0.497 e. The first-order valence-corrected chi connectivity index (χ1v) is 11.3. The van der Waals surface area contributed by atoms with E-state index < -0.39 is 0 Å². The van der Waals surface area contributed by atoms with Gasteiger partial charge in [0.25, 0.3) is 0 Å². The molecule has 9 heteroatoms. The Labute approximate surface area is 184 Å². The van der Waals surface area contributed by atoms with Gasteiger partial charge in [0.15, 0.2) is 10.6 Å². The third-order valence-corrected chi connectivity index (χ3v) is 6.64. The van der Waals surface area contributed by atoms with E-state index in [1.54, 1.807) is 7.11 Å². The second kappa shape index (κ2) is 9.55. The molecule has 3 aromatic rings. The molecule has 2 N–H and O–H groups in total. The average molecular weight is 444 g/mol. The molecule has 0 saturated heterocycles. The average Bonchev–Trinajstić information content (AvgIpc) is 3.38. The van der Waals surface area contributed by atoms with Gasteiger partial charge in [0, 0.05) is 49.6 Å². The van der Waals surface area contributed by atoms with Crippen LogP contribution < -0.4 is 10.1 Å². The molecule has 0 unspecified atom stereocenters. The van der Waals surface area contributed by atoms with Gasteiger partial charge in [-0.1, -0.05) is 0 Å². The Morgan fingerprint density at radius 1 is 1.30 bits per heavy atom. The summed E-state index contributed by atoms with van der Waals surface area (Å²) in [5.41, 5.74) is 2.35. The van der Waals surface area contributed by atoms with Crippen molar-refractivity contribution in [3.8, 4) is 17.1 Å². The molecule has 1 aliphatic rings. The van der Waals surface area contributed by atoms with Crippen LogP contribution >= 0.6 is 23.6 Å². The van der Waals surface area contributed by atoms with Gasteiger partial charge < -0.3 is 10.1 Å². The number of rotatable bonds is 8. The number of fused-ring (bicyclic) bond motifs is 1.